The zero-order valence-corrected chi connectivity index (χ0v) is 13.5. The van der Waals surface area contributed by atoms with Gasteiger partial charge in [0.15, 0.2) is 0 Å². The SMILES string of the molecule is Cc1ccc(N2CCCCCC2)nc1C(=O)c1cccnc1N. The minimum absolute atomic E-state index is 0.162. The van der Waals surface area contributed by atoms with Gasteiger partial charge in [0.05, 0.1) is 5.56 Å². The van der Waals surface area contributed by atoms with Gasteiger partial charge in [-0.2, -0.15) is 0 Å². The van der Waals surface area contributed by atoms with Crippen LogP contribution in [0, 0.1) is 6.92 Å². The molecule has 1 aliphatic rings. The van der Waals surface area contributed by atoms with Crippen LogP contribution in [0.4, 0.5) is 11.6 Å². The molecule has 1 fully saturated rings. The Kier molecular flexibility index (Phi) is 4.55. The number of nitrogens with two attached hydrogens (primary N) is 1. The van der Waals surface area contributed by atoms with E-state index in [9.17, 15) is 4.79 Å². The zero-order valence-electron chi connectivity index (χ0n) is 13.5. The van der Waals surface area contributed by atoms with Gasteiger partial charge >= 0.3 is 0 Å². The molecular weight excluding hydrogens is 288 g/mol. The molecule has 2 aromatic rings. The first-order valence-corrected chi connectivity index (χ1v) is 8.14. The molecule has 3 rings (SSSR count). The predicted octanol–water partition coefficient (Wildman–Crippen LogP) is 2.98. The number of aryl methyl sites for hydroxylation is 1. The maximum atomic E-state index is 12.8. The minimum Gasteiger partial charge on any atom is -0.383 e. The zero-order chi connectivity index (χ0) is 16.2. The van der Waals surface area contributed by atoms with Crippen LogP contribution in [0.25, 0.3) is 0 Å². The van der Waals surface area contributed by atoms with Crippen LogP contribution in [-0.2, 0) is 0 Å². The standard InChI is InChI=1S/C18H22N4O/c1-13-8-9-15(22-11-4-2-3-5-12-22)21-16(13)17(23)14-7-6-10-20-18(14)19/h6-10H,2-5,11-12H2,1H3,(H2,19,20). The van der Waals surface area contributed by atoms with Gasteiger partial charge in [-0.25, -0.2) is 9.97 Å². The molecule has 0 atom stereocenters. The fourth-order valence-corrected chi connectivity index (χ4v) is 2.96. The Morgan fingerprint density at radius 2 is 1.87 bits per heavy atom. The molecule has 1 saturated heterocycles. The molecule has 0 amide bonds. The van der Waals surface area contributed by atoms with Crippen molar-refractivity contribution in [2.45, 2.75) is 32.6 Å². The summed E-state index contributed by atoms with van der Waals surface area (Å²) in [6.45, 7) is 3.90. The van der Waals surface area contributed by atoms with Crippen molar-refractivity contribution in [3.8, 4) is 0 Å². The lowest BCUT2D eigenvalue weighted by Crippen LogP contribution is -2.25. The quantitative estimate of drug-likeness (QED) is 0.882. The monoisotopic (exact) mass is 310 g/mol. The van der Waals surface area contributed by atoms with Crippen LogP contribution in [0.5, 0.6) is 0 Å². The summed E-state index contributed by atoms with van der Waals surface area (Å²) >= 11 is 0. The fourth-order valence-electron chi connectivity index (χ4n) is 2.96. The van der Waals surface area contributed by atoms with E-state index in [1.807, 2.05) is 19.1 Å². The van der Waals surface area contributed by atoms with Gasteiger partial charge in [0.25, 0.3) is 0 Å². The molecule has 0 unspecified atom stereocenters. The van der Waals surface area contributed by atoms with Crippen molar-refractivity contribution in [2.24, 2.45) is 0 Å². The molecule has 120 valence electrons. The van der Waals surface area contributed by atoms with Crippen LogP contribution in [0.1, 0.15) is 47.3 Å². The Balaban J connectivity index is 1.94. The third-order valence-corrected chi connectivity index (χ3v) is 4.31. The van der Waals surface area contributed by atoms with Crippen LogP contribution in [0.3, 0.4) is 0 Å². The highest BCUT2D eigenvalue weighted by Crippen LogP contribution is 2.22. The van der Waals surface area contributed by atoms with E-state index in [2.05, 4.69) is 14.9 Å². The molecule has 2 aromatic heterocycles. The number of carbonyl (C=O) groups is 1. The van der Waals surface area contributed by atoms with Crippen molar-refractivity contribution in [3.63, 3.8) is 0 Å². The van der Waals surface area contributed by atoms with Crippen molar-refractivity contribution >= 4 is 17.4 Å². The van der Waals surface area contributed by atoms with Gasteiger partial charge in [0.2, 0.25) is 5.78 Å². The van der Waals surface area contributed by atoms with Gasteiger partial charge in [0, 0.05) is 19.3 Å². The van der Waals surface area contributed by atoms with Crippen molar-refractivity contribution < 1.29 is 4.79 Å². The number of carbonyl (C=O) groups excluding carboxylic acids is 1. The lowest BCUT2D eigenvalue weighted by molar-refractivity contribution is 0.103. The van der Waals surface area contributed by atoms with E-state index in [1.165, 1.54) is 25.7 Å². The summed E-state index contributed by atoms with van der Waals surface area (Å²) in [7, 11) is 0. The summed E-state index contributed by atoms with van der Waals surface area (Å²) in [4.78, 5) is 23.7. The van der Waals surface area contributed by atoms with Gasteiger partial charge < -0.3 is 10.6 Å². The normalized spacial score (nSPS) is 15.3. The molecule has 0 aliphatic carbocycles. The first-order valence-electron chi connectivity index (χ1n) is 8.14. The predicted molar refractivity (Wildman–Crippen MR) is 91.7 cm³/mol. The molecule has 1 aliphatic heterocycles. The van der Waals surface area contributed by atoms with E-state index in [1.54, 1.807) is 18.3 Å². The highest BCUT2D eigenvalue weighted by atomic mass is 16.1. The topological polar surface area (TPSA) is 72.1 Å². The smallest absolute Gasteiger partial charge is 0.215 e. The van der Waals surface area contributed by atoms with E-state index in [0.29, 0.717) is 11.3 Å². The molecule has 0 aromatic carbocycles. The lowest BCUT2D eigenvalue weighted by atomic mass is 10.0. The number of pyridine rings is 2. The molecule has 0 radical (unpaired) electrons. The Hall–Kier alpha value is -2.43. The molecular formula is C18H22N4O. The second-order valence-corrected chi connectivity index (χ2v) is 6.00. The van der Waals surface area contributed by atoms with Crippen LogP contribution < -0.4 is 10.6 Å². The number of hydrogen-bond acceptors (Lipinski definition) is 5. The molecule has 5 heteroatoms. The third kappa shape index (κ3) is 3.33. The van der Waals surface area contributed by atoms with E-state index >= 15 is 0 Å². The maximum Gasteiger partial charge on any atom is 0.215 e. The van der Waals surface area contributed by atoms with Gasteiger partial charge in [-0.05, 0) is 43.5 Å². The van der Waals surface area contributed by atoms with Gasteiger partial charge in [-0.15, -0.1) is 0 Å². The number of nitrogens with zero attached hydrogens (tertiary/aromatic N) is 3. The number of anilines is 2. The Morgan fingerprint density at radius 1 is 1.13 bits per heavy atom. The third-order valence-electron chi connectivity index (χ3n) is 4.31. The summed E-state index contributed by atoms with van der Waals surface area (Å²) in [5.41, 5.74) is 7.58. The van der Waals surface area contributed by atoms with E-state index in [0.717, 1.165) is 24.5 Å². The van der Waals surface area contributed by atoms with Crippen molar-refractivity contribution in [1.29, 1.82) is 0 Å². The first-order chi connectivity index (χ1) is 11.2. The van der Waals surface area contributed by atoms with E-state index in [-0.39, 0.29) is 11.6 Å². The summed E-state index contributed by atoms with van der Waals surface area (Å²) in [5, 5.41) is 0. The van der Waals surface area contributed by atoms with Crippen LogP contribution in [-0.4, -0.2) is 28.8 Å². The lowest BCUT2D eigenvalue weighted by Gasteiger charge is -2.22. The number of hydrogen-bond donors (Lipinski definition) is 1. The van der Waals surface area contributed by atoms with Crippen molar-refractivity contribution in [3.05, 3.63) is 47.3 Å². The highest BCUT2D eigenvalue weighted by molar-refractivity contribution is 6.11. The molecule has 0 bridgehead atoms. The minimum atomic E-state index is -0.162. The van der Waals surface area contributed by atoms with Crippen molar-refractivity contribution in [2.75, 3.05) is 23.7 Å². The molecule has 0 spiro atoms. The second kappa shape index (κ2) is 6.77. The average molecular weight is 310 g/mol. The largest absolute Gasteiger partial charge is 0.383 e. The Morgan fingerprint density at radius 3 is 2.57 bits per heavy atom. The van der Waals surface area contributed by atoms with E-state index < -0.39 is 0 Å². The Bertz CT molecular complexity index is 706. The second-order valence-electron chi connectivity index (χ2n) is 6.00. The van der Waals surface area contributed by atoms with Gasteiger partial charge in [-0.3, -0.25) is 4.79 Å². The number of ketones is 1. The fraction of sp³-hybridized carbons (Fsp3) is 0.389. The van der Waals surface area contributed by atoms with E-state index in [4.69, 9.17) is 5.73 Å². The maximum absolute atomic E-state index is 12.8. The Labute approximate surface area is 136 Å². The van der Waals surface area contributed by atoms with Crippen molar-refractivity contribution in [1.82, 2.24) is 9.97 Å². The van der Waals surface area contributed by atoms with Crippen LogP contribution in [0.2, 0.25) is 0 Å². The highest BCUT2D eigenvalue weighted by Gasteiger charge is 2.19. The molecule has 0 saturated carbocycles. The summed E-state index contributed by atoms with van der Waals surface area (Å²) < 4.78 is 0. The first kappa shape index (κ1) is 15.5. The van der Waals surface area contributed by atoms with Crippen LogP contribution in [0.15, 0.2) is 30.5 Å². The molecule has 5 nitrogen and oxygen atoms in total. The number of aromatic nitrogens is 2. The number of nitrogen functional groups attached to an aromatic ring is 1. The van der Waals surface area contributed by atoms with Crippen LogP contribution >= 0.6 is 0 Å². The molecule has 2 N–H and O–H groups in total. The van der Waals surface area contributed by atoms with Gasteiger partial charge in [-0.1, -0.05) is 18.9 Å². The average Bonchev–Trinajstić information content (AvgIpc) is 2.84. The molecule has 23 heavy (non-hydrogen) atoms. The summed E-state index contributed by atoms with van der Waals surface area (Å²) in [5.74, 6) is 0.965. The summed E-state index contributed by atoms with van der Waals surface area (Å²) in [6.07, 6.45) is 6.46. The summed E-state index contributed by atoms with van der Waals surface area (Å²) in [6, 6.07) is 7.39. The molecule has 3 heterocycles. The number of rotatable bonds is 3. The van der Waals surface area contributed by atoms with Gasteiger partial charge in [0.1, 0.15) is 17.3 Å².